The van der Waals surface area contributed by atoms with Gasteiger partial charge in [0.1, 0.15) is 0 Å². The molecule has 1 aromatic rings. The van der Waals surface area contributed by atoms with Crippen molar-refractivity contribution in [1.29, 1.82) is 0 Å². The smallest absolute Gasteiger partial charge is 0.223 e. The van der Waals surface area contributed by atoms with Gasteiger partial charge in [0.25, 0.3) is 0 Å². The minimum atomic E-state index is -0.0749. The van der Waals surface area contributed by atoms with E-state index in [0.29, 0.717) is 30.5 Å². The van der Waals surface area contributed by atoms with Gasteiger partial charge in [-0.05, 0) is 30.0 Å². The molecule has 1 aromatic carbocycles. The SMILES string of the molecule is C[C@H]1C[C@H]1C(=O)NCCC(=O)NCc1cccc(Cl)c1. The van der Waals surface area contributed by atoms with Crippen LogP contribution in [0.3, 0.4) is 0 Å². The van der Waals surface area contributed by atoms with Gasteiger partial charge in [-0.25, -0.2) is 0 Å². The summed E-state index contributed by atoms with van der Waals surface area (Å²) in [5.74, 6) is 0.644. The Bertz CT molecular complexity index is 504. The van der Waals surface area contributed by atoms with Gasteiger partial charge in [-0.1, -0.05) is 30.7 Å². The maximum absolute atomic E-state index is 11.6. The van der Waals surface area contributed by atoms with E-state index in [-0.39, 0.29) is 17.7 Å². The van der Waals surface area contributed by atoms with Crippen LogP contribution >= 0.6 is 11.6 Å². The predicted molar refractivity (Wildman–Crippen MR) is 78.2 cm³/mol. The van der Waals surface area contributed by atoms with E-state index in [9.17, 15) is 9.59 Å². The molecule has 2 amide bonds. The molecule has 0 bridgehead atoms. The van der Waals surface area contributed by atoms with E-state index >= 15 is 0 Å². The van der Waals surface area contributed by atoms with Crippen LogP contribution in [0, 0.1) is 11.8 Å². The lowest BCUT2D eigenvalue weighted by Crippen LogP contribution is -2.31. The Morgan fingerprint density at radius 2 is 2.10 bits per heavy atom. The van der Waals surface area contributed by atoms with Crippen LogP contribution in [0.1, 0.15) is 25.3 Å². The zero-order chi connectivity index (χ0) is 14.5. The average Bonchev–Trinajstić information content (AvgIpc) is 3.14. The van der Waals surface area contributed by atoms with Crippen molar-refractivity contribution >= 4 is 23.4 Å². The molecule has 0 unspecified atom stereocenters. The van der Waals surface area contributed by atoms with Crippen molar-refractivity contribution in [2.75, 3.05) is 6.54 Å². The van der Waals surface area contributed by atoms with E-state index in [1.807, 2.05) is 18.2 Å². The van der Waals surface area contributed by atoms with Crippen molar-refractivity contribution in [3.05, 3.63) is 34.9 Å². The summed E-state index contributed by atoms with van der Waals surface area (Å²) in [6, 6.07) is 7.36. The lowest BCUT2D eigenvalue weighted by molar-refractivity contribution is -0.123. The van der Waals surface area contributed by atoms with E-state index in [1.165, 1.54) is 0 Å². The second-order valence-corrected chi connectivity index (χ2v) is 5.70. The molecule has 1 aliphatic rings. The molecule has 0 radical (unpaired) electrons. The number of rotatable bonds is 6. The van der Waals surface area contributed by atoms with Gasteiger partial charge < -0.3 is 10.6 Å². The number of amides is 2. The van der Waals surface area contributed by atoms with Crippen molar-refractivity contribution in [2.45, 2.75) is 26.3 Å². The van der Waals surface area contributed by atoms with Gasteiger partial charge in [0.2, 0.25) is 11.8 Å². The zero-order valence-electron chi connectivity index (χ0n) is 11.5. The number of hydrogen-bond donors (Lipinski definition) is 2. The predicted octanol–water partition coefficient (Wildman–Crippen LogP) is 2.12. The highest BCUT2D eigenvalue weighted by Gasteiger charge is 2.38. The molecule has 1 saturated carbocycles. The molecule has 0 aromatic heterocycles. The Balaban J connectivity index is 1.62. The number of hydrogen-bond acceptors (Lipinski definition) is 2. The summed E-state index contributed by atoms with van der Waals surface area (Å²) in [5.41, 5.74) is 0.960. The van der Waals surface area contributed by atoms with Crippen molar-refractivity contribution in [2.24, 2.45) is 11.8 Å². The first-order chi connectivity index (χ1) is 9.56. The summed E-state index contributed by atoms with van der Waals surface area (Å²) < 4.78 is 0. The van der Waals surface area contributed by atoms with Crippen LogP contribution in [-0.2, 0) is 16.1 Å². The monoisotopic (exact) mass is 294 g/mol. The van der Waals surface area contributed by atoms with Gasteiger partial charge in [-0.15, -0.1) is 0 Å². The summed E-state index contributed by atoms with van der Waals surface area (Å²) in [6.07, 6.45) is 1.26. The highest BCUT2D eigenvalue weighted by atomic mass is 35.5. The third-order valence-corrected chi connectivity index (χ3v) is 3.71. The van der Waals surface area contributed by atoms with Crippen LogP contribution < -0.4 is 10.6 Å². The van der Waals surface area contributed by atoms with Crippen molar-refractivity contribution in [3.63, 3.8) is 0 Å². The van der Waals surface area contributed by atoms with E-state index in [4.69, 9.17) is 11.6 Å². The van der Waals surface area contributed by atoms with Crippen molar-refractivity contribution in [3.8, 4) is 0 Å². The highest BCUT2D eigenvalue weighted by Crippen LogP contribution is 2.37. The largest absolute Gasteiger partial charge is 0.355 e. The Morgan fingerprint density at radius 3 is 2.75 bits per heavy atom. The van der Waals surface area contributed by atoms with Gasteiger partial charge in [0.05, 0.1) is 0 Å². The molecule has 108 valence electrons. The number of nitrogens with one attached hydrogen (secondary N) is 2. The van der Waals surface area contributed by atoms with Crippen molar-refractivity contribution in [1.82, 2.24) is 10.6 Å². The quantitative estimate of drug-likeness (QED) is 0.844. The Kier molecular flexibility index (Phi) is 5.01. The Morgan fingerprint density at radius 1 is 1.35 bits per heavy atom. The number of carbonyl (C=O) groups is 2. The fourth-order valence-electron chi connectivity index (χ4n) is 2.05. The minimum absolute atomic E-state index is 0.0696. The van der Waals surface area contributed by atoms with E-state index < -0.39 is 0 Å². The molecule has 5 heteroatoms. The molecule has 1 fully saturated rings. The summed E-state index contributed by atoms with van der Waals surface area (Å²) in [4.78, 5) is 23.2. The van der Waals surface area contributed by atoms with Gasteiger partial charge in [-0.3, -0.25) is 9.59 Å². The van der Waals surface area contributed by atoms with E-state index in [2.05, 4.69) is 17.6 Å². The van der Waals surface area contributed by atoms with Gasteiger partial charge in [-0.2, -0.15) is 0 Å². The minimum Gasteiger partial charge on any atom is -0.355 e. The second-order valence-electron chi connectivity index (χ2n) is 5.27. The van der Waals surface area contributed by atoms with Gasteiger partial charge in [0.15, 0.2) is 0 Å². The first-order valence-electron chi connectivity index (χ1n) is 6.85. The van der Waals surface area contributed by atoms with Crippen LogP contribution in [0.25, 0.3) is 0 Å². The summed E-state index contributed by atoms with van der Waals surface area (Å²) in [6.45, 7) is 2.90. The first-order valence-corrected chi connectivity index (χ1v) is 7.23. The number of benzene rings is 1. The van der Waals surface area contributed by atoms with Crippen LogP contribution in [0.5, 0.6) is 0 Å². The molecule has 2 atom stereocenters. The normalized spacial score (nSPS) is 20.3. The Labute approximate surface area is 123 Å². The number of carbonyl (C=O) groups excluding carboxylic acids is 2. The maximum atomic E-state index is 11.6. The summed E-state index contributed by atoms with van der Waals surface area (Å²) in [7, 11) is 0. The molecule has 1 aliphatic carbocycles. The standard InChI is InChI=1S/C15H19ClN2O2/c1-10-7-13(10)15(20)17-6-5-14(19)18-9-11-3-2-4-12(16)8-11/h2-4,8,10,13H,5-7,9H2,1H3,(H,17,20)(H,18,19)/t10-,13+/m0/s1. The van der Waals surface area contributed by atoms with Crippen LogP contribution in [0.15, 0.2) is 24.3 Å². The topological polar surface area (TPSA) is 58.2 Å². The lowest BCUT2D eigenvalue weighted by Gasteiger charge is -2.07. The van der Waals surface area contributed by atoms with Crippen LogP contribution in [0.2, 0.25) is 5.02 Å². The third kappa shape index (κ3) is 4.53. The molecule has 4 nitrogen and oxygen atoms in total. The fourth-order valence-corrected chi connectivity index (χ4v) is 2.27. The molecule has 2 N–H and O–H groups in total. The molecular weight excluding hydrogens is 276 g/mol. The zero-order valence-corrected chi connectivity index (χ0v) is 12.2. The van der Waals surface area contributed by atoms with Crippen LogP contribution in [-0.4, -0.2) is 18.4 Å². The molecule has 0 heterocycles. The maximum Gasteiger partial charge on any atom is 0.223 e. The Hall–Kier alpha value is -1.55. The molecule has 0 aliphatic heterocycles. The van der Waals surface area contributed by atoms with Gasteiger partial charge >= 0.3 is 0 Å². The lowest BCUT2D eigenvalue weighted by atomic mass is 10.2. The molecule has 2 rings (SSSR count). The molecule has 0 spiro atoms. The van der Waals surface area contributed by atoms with Crippen molar-refractivity contribution < 1.29 is 9.59 Å². The molecule has 20 heavy (non-hydrogen) atoms. The average molecular weight is 295 g/mol. The number of halogens is 1. The molecule has 0 saturated heterocycles. The van der Waals surface area contributed by atoms with Crippen LogP contribution in [0.4, 0.5) is 0 Å². The highest BCUT2D eigenvalue weighted by molar-refractivity contribution is 6.30. The summed E-state index contributed by atoms with van der Waals surface area (Å²) >= 11 is 5.87. The summed E-state index contributed by atoms with van der Waals surface area (Å²) in [5, 5.41) is 6.25. The third-order valence-electron chi connectivity index (χ3n) is 3.48. The first kappa shape index (κ1) is 14.9. The second kappa shape index (κ2) is 6.75. The van der Waals surface area contributed by atoms with E-state index in [1.54, 1.807) is 6.07 Å². The fraction of sp³-hybridized carbons (Fsp3) is 0.467. The van der Waals surface area contributed by atoms with Gasteiger partial charge in [0, 0.05) is 30.5 Å². The molecular formula is C15H19ClN2O2. The van der Waals surface area contributed by atoms with E-state index in [0.717, 1.165) is 12.0 Å².